The third kappa shape index (κ3) is 3.78. The molecule has 7 nitrogen and oxygen atoms in total. The second-order valence-electron chi connectivity index (χ2n) is 11.8. The molecule has 5 aliphatic rings. The third-order valence-corrected chi connectivity index (χ3v) is 10.3. The Labute approximate surface area is 202 Å². The van der Waals surface area contributed by atoms with Crippen molar-refractivity contribution in [3.63, 3.8) is 0 Å². The van der Waals surface area contributed by atoms with Gasteiger partial charge in [-0.2, -0.15) is 0 Å². The van der Waals surface area contributed by atoms with Gasteiger partial charge in [0.1, 0.15) is 6.04 Å². The molecule has 0 aromatic carbocycles. The third-order valence-electron chi connectivity index (χ3n) is 10.3. The van der Waals surface area contributed by atoms with Crippen molar-refractivity contribution < 1.29 is 24.3 Å². The molecule has 188 valence electrons. The summed E-state index contributed by atoms with van der Waals surface area (Å²) in [5, 5.41) is 15.0. The van der Waals surface area contributed by atoms with Gasteiger partial charge in [-0.1, -0.05) is 24.6 Å². The Morgan fingerprint density at radius 2 is 1.94 bits per heavy atom. The molecule has 1 N–H and O–H groups in total. The first-order chi connectivity index (χ1) is 16.3. The first kappa shape index (κ1) is 23.8. The van der Waals surface area contributed by atoms with E-state index in [-0.39, 0.29) is 35.4 Å². The highest BCUT2D eigenvalue weighted by atomic mass is 16.6. The van der Waals surface area contributed by atoms with Crippen LogP contribution in [-0.2, 0) is 19.2 Å². The van der Waals surface area contributed by atoms with Crippen LogP contribution in [-0.4, -0.2) is 60.0 Å². The maximum Gasteiger partial charge on any atom is 0.328 e. The molecule has 34 heavy (non-hydrogen) atoms. The van der Waals surface area contributed by atoms with Gasteiger partial charge >= 0.3 is 5.97 Å². The number of aliphatic hydroxyl groups excluding tert-OH is 1. The Kier molecular flexibility index (Phi) is 6.28. The number of carbonyl (C=O) groups excluding carboxylic acids is 2. The number of oxime groups is 1. The van der Waals surface area contributed by atoms with Crippen molar-refractivity contribution in [3.8, 4) is 0 Å². The Hall–Kier alpha value is -1.89. The van der Waals surface area contributed by atoms with Crippen LogP contribution in [0.3, 0.4) is 0 Å². The van der Waals surface area contributed by atoms with Gasteiger partial charge in [-0.25, -0.2) is 4.79 Å². The second-order valence-corrected chi connectivity index (χ2v) is 11.8. The molecule has 5 rings (SSSR count). The zero-order valence-corrected chi connectivity index (χ0v) is 20.9. The van der Waals surface area contributed by atoms with Crippen LogP contribution >= 0.6 is 0 Å². The molecule has 0 unspecified atom stereocenters. The molecule has 1 heterocycles. The van der Waals surface area contributed by atoms with Crippen molar-refractivity contribution in [3.05, 3.63) is 11.6 Å². The van der Waals surface area contributed by atoms with E-state index in [1.165, 1.54) is 31.9 Å². The Bertz CT molecular complexity index is 899. The number of ether oxygens (including phenoxy) is 1. The van der Waals surface area contributed by atoms with Crippen molar-refractivity contribution in [2.24, 2.45) is 33.7 Å². The standard InChI is InChI=1S/C27H40N2O5/c1-26-12-10-18(28-34-16-24(31)29-14-4-5-22(29)25(32)33-3)15-17(26)6-7-19-20-8-9-23(30)27(20,2)13-11-21(19)26/h15,19-23,30H,4-14,16H2,1-3H3/b28-18+/t19-,20+,21+,22+,23-,26+,27+/m1/s1. The van der Waals surface area contributed by atoms with Gasteiger partial charge < -0.3 is 19.6 Å². The summed E-state index contributed by atoms with van der Waals surface area (Å²) in [5.41, 5.74) is 2.72. The summed E-state index contributed by atoms with van der Waals surface area (Å²) in [6.45, 7) is 5.19. The van der Waals surface area contributed by atoms with Crippen LogP contribution in [0.4, 0.5) is 0 Å². The molecule has 1 amide bonds. The zero-order valence-electron chi connectivity index (χ0n) is 20.9. The van der Waals surface area contributed by atoms with Crippen molar-refractivity contribution in [2.75, 3.05) is 20.3 Å². The fraction of sp³-hybridized carbons (Fsp3) is 0.815. The van der Waals surface area contributed by atoms with Gasteiger partial charge in [0.2, 0.25) is 0 Å². The molecule has 4 aliphatic carbocycles. The van der Waals surface area contributed by atoms with Crippen molar-refractivity contribution in [1.82, 2.24) is 4.90 Å². The molecule has 0 bridgehead atoms. The number of rotatable bonds is 4. The smallest absolute Gasteiger partial charge is 0.328 e. The Balaban J connectivity index is 1.23. The van der Waals surface area contributed by atoms with E-state index in [1.807, 2.05) is 0 Å². The number of allylic oxidation sites excluding steroid dienone is 2. The van der Waals surface area contributed by atoms with Gasteiger partial charge in [0.15, 0.2) is 6.61 Å². The zero-order chi connectivity index (χ0) is 24.1. The summed E-state index contributed by atoms with van der Waals surface area (Å²) >= 11 is 0. The quantitative estimate of drug-likeness (QED) is 0.496. The van der Waals surface area contributed by atoms with Gasteiger partial charge in [-0.3, -0.25) is 4.79 Å². The molecule has 0 aromatic heterocycles. The fourth-order valence-electron chi connectivity index (χ4n) is 8.32. The highest BCUT2D eigenvalue weighted by Gasteiger charge is 2.58. The first-order valence-corrected chi connectivity index (χ1v) is 13.2. The number of nitrogens with zero attached hydrogens (tertiary/aromatic N) is 2. The van der Waals surface area contributed by atoms with E-state index < -0.39 is 6.04 Å². The molecule has 7 atom stereocenters. The van der Waals surface area contributed by atoms with Crippen LogP contribution in [0.2, 0.25) is 0 Å². The molecule has 1 saturated heterocycles. The lowest BCUT2D eigenvalue weighted by Gasteiger charge is -2.57. The van der Waals surface area contributed by atoms with Crippen molar-refractivity contribution >= 4 is 17.6 Å². The van der Waals surface area contributed by atoms with E-state index in [0.717, 1.165) is 44.2 Å². The summed E-state index contributed by atoms with van der Waals surface area (Å²) in [4.78, 5) is 31.5. The normalized spacial score (nSPS) is 42.5. The van der Waals surface area contributed by atoms with Crippen LogP contribution in [0.5, 0.6) is 0 Å². The number of amides is 1. The molecule has 7 heteroatoms. The molecular formula is C27H40N2O5. The average molecular weight is 473 g/mol. The lowest BCUT2D eigenvalue weighted by Crippen LogP contribution is -2.51. The highest BCUT2D eigenvalue weighted by Crippen LogP contribution is 2.65. The van der Waals surface area contributed by atoms with Crippen molar-refractivity contribution in [2.45, 2.75) is 90.2 Å². The van der Waals surface area contributed by atoms with Gasteiger partial charge in [0, 0.05) is 6.54 Å². The van der Waals surface area contributed by atoms with E-state index in [4.69, 9.17) is 9.57 Å². The molecule has 0 spiro atoms. The maximum absolute atomic E-state index is 12.6. The molecule has 1 aliphatic heterocycles. The lowest BCUT2D eigenvalue weighted by molar-refractivity contribution is -0.152. The summed E-state index contributed by atoms with van der Waals surface area (Å²) in [6.07, 6.45) is 12.2. The van der Waals surface area contributed by atoms with Gasteiger partial charge in [-0.05, 0) is 98.9 Å². The van der Waals surface area contributed by atoms with E-state index in [9.17, 15) is 14.7 Å². The summed E-state index contributed by atoms with van der Waals surface area (Å²) in [5.74, 6) is 1.48. The van der Waals surface area contributed by atoms with Crippen LogP contribution in [0.25, 0.3) is 0 Å². The largest absolute Gasteiger partial charge is 0.467 e. The number of fused-ring (bicyclic) bond motifs is 5. The predicted octanol–water partition coefficient (Wildman–Crippen LogP) is 3.85. The number of likely N-dealkylation sites (tertiary alicyclic amines) is 1. The molecule has 0 aromatic rings. The molecule has 4 fully saturated rings. The minimum atomic E-state index is -0.500. The first-order valence-electron chi connectivity index (χ1n) is 13.2. The molecule has 0 radical (unpaired) electrons. The number of methoxy groups -OCH3 is 1. The molecular weight excluding hydrogens is 432 g/mol. The van der Waals surface area contributed by atoms with Crippen LogP contribution in [0.15, 0.2) is 16.8 Å². The summed E-state index contributed by atoms with van der Waals surface area (Å²) in [7, 11) is 1.35. The average Bonchev–Trinajstić information content (AvgIpc) is 3.43. The number of esters is 1. The topological polar surface area (TPSA) is 88.4 Å². The summed E-state index contributed by atoms with van der Waals surface area (Å²) in [6, 6.07) is -0.500. The lowest BCUT2D eigenvalue weighted by atomic mass is 9.47. The number of hydrogen-bond acceptors (Lipinski definition) is 6. The number of aliphatic hydroxyl groups is 1. The van der Waals surface area contributed by atoms with Gasteiger partial charge in [0.05, 0.1) is 18.9 Å². The molecule has 3 saturated carbocycles. The van der Waals surface area contributed by atoms with E-state index in [2.05, 4.69) is 25.1 Å². The van der Waals surface area contributed by atoms with Crippen LogP contribution in [0.1, 0.15) is 78.1 Å². The fourth-order valence-corrected chi connectivity index (χ4v) is 8.32. The monoisotopic (exact) mass is 472 g/mol. The van der Waals surface area contributed by atoms with E-state index >= 15 is 0 Å². The second kappa shape index (κ2) is 8.96. The van der Waals surface area contributed by atoms with E-state index in [0.29, 0.717) is 30.7 Å². The van der Waals surface area contributed by atoms with E-state index in [1.54, 1.807) is 4.90 Å². The van der Waals surface area contributed by atoms with Crippen molar-refractivity contribution in [1.29, 1.82) is 0 Å². The Morgan fingerprint density at radius 1 is 1.12 bits per heavy atom. The minimum absolute atomic E-state index is 0.114. The summed E-state index contributed by atoms with van der Waals surface area (Å²) < 4.78 is 4.82. The number of carbonyl (C=O) groups is 2. The van der Waals surface area contributed by atoms with Crippen LogP contribution in [0, 0.1) is 28.6 Å². The number of hydrogen-bond donors (Lipinski definition) is 1. The van der Waals surface area contributed by atoms with Crippen LogP contribution < -0.4 is 0 Å². The van der Waals surface area contributed by atoms with Gasteiger partial charge in [0.25, 0.3) is 5.91 Å². The Morgan fingerprint density at radius 3 is 2.74 bits per heavy atom. The minimum Gasteiger partial charge on any atom is -0.467 e. The van der Waals surface area contributed by atoms with Gasteiger partial charge in [-0.15, -0.1) is 0 Å². The SMILES string of the molecule is COC(=O)[C@@H]1CCCN1C(=O)CO/N=C1/C=C2CC[C@@H]3[C@@H]4CC[C@@H](O)[C@@]4(C)CC[C@@H]3[C@@]2(C)CC1. The maximum atomic E-state index is 12.6. The predicted molar refractivity (Wildman–Crippen MR) is 128 cm³/mol. The highest BCUT2D eigenvalue weighted by molar-refractivity contribution is 5.96.